The van der Waals surface area contributed by atoms with E-state index >= 15 is 0 Å². The topological polar surface area (TPSA) is 55.4 Å². The molecule has 0 radical (unpaired) electrons. The molecule has 3 aromatic rings. The minimum atomic E-state index is -0.590. The summed E-state index contributed by atoms with van der Waals surface area (Å²) in [6, 6.07) is 13.1. The van der Waals surface area contributed by atoms with Crippen LogP contribution in [0.25, 0.3) is 10.1 Å². The van der Waals surface area contributed by atoms with Crippen molar-refractivity contribution in [2.75, 3.05) is 6.54 Å². The minimum absolute atomic E-state index is 0.283. The molecule has 134 valence electrons. The molecule has 0 aliphatic rings. The number of carbonyl (C=O) groups is 2. The molecule has 26 heavy (non-hydrogen) atoms. The van der Waals surface area contributed by atoms with Crippen molar-refractivity contribution in [2.45, 2.75) is 13.0 Å². The van der Waals surface area contributed by atoms with Gasteiger partial charge in [-0.25, -0.2) is 4.39 Å². The number of rotatable bonds is 5. The van der Waals surface area contributed by atoms with Crippen LogP contribution in [0.5, 0.6) is 0 Å². The molecule has 1 amide bonds. The Kier molecular flexibility index (Phi) is 5.54. The second kappa shape index (κ2) is 7.85. The maximum atomic E-state index is 12.9. The fraction of sp³-hybridized carbons (Fsp3) is 0.158. The summed E-state index contributed by atoms with van der Waals surface area (Å²) >= 11 is 7.51. The molecule has 1 atom stereocenters. The number of esters is 1. The molecule has 1 N–H and O–H groups in total. The Bertz CT molecular complexity index is 955. The van der Waals surface area contributed by atoms with Crippen molar-refractivity contribution < 1.29 is 18.7 Å². The molecule has 0 fully saturated rings. The van der Waals surface area contributed by atoms with Crippen LogP contribution in [-0.2, 0) is 9.53 Å². The van der Waals surface area contributed by atoms with Crippen molar-refractivity contribution in [3.63, 3.8) is 0 Å². The van der Waals surface area contributed by atoms with Crippen molar-refractivity contribution in [2.24, 2.45) is 0 Å². The highest BCUT2D eigenvalue weighted by atomic mass is 35.5. The van der Waals surface area contributed by atoms with Crippen molar-refractivity contribution in [1.29, 1.82) is 0 Å². The summed E-state index contributed by atoms with van der Waals surface area (Å²) in [5.41, 5.74) is 0.665. The quantitative estimate of drug-likeness (QED) is 0.640. The van der Waals surface area contributed by atoms with Crippen LogP contribution in [0.1, 0.15) is 28.3 Å². The van der Waals surface area contributed by atoms with Gasteiger partial charge in [-0.05, 0) is 30.7 Å². The van der Waals surface area contributed by atoms with Crippen LogP contribution in [-0.4, -0.2) is 18.4 Å². The number of thiophene rings is 1. The zero-order chi connectivity index (χ0) is 18.7. The van der Waals surface area contributed by atoms with E-state index in [1.165, 1.54) is 23.5 Å². The highest BCUT2D eigenvalue weighted by Crippen LogP contribution is 2.34. The lowest BCUT2D eigenvalue weighted by atomic mass is 10.1. The monoisotopic (exact) mass is 391 g/mol. The van der Waals surface area contributed by atoms with Gasteiger partial charge in [0.1, 0.15) is 23.3 Å². The fourth-order valence-corrected chi connectivity index (χ4v) is 3.87. The third-order valence-electron chi connectivity index (χ3n) is 3.78. The van der Waals surface area contributed by atoms with Gasteiger partial charge in [-0.15, -0.1) is 11.3 Å². The molecule has 7 heteroatoms. The first-order valence-corrected chi connectivity index (χ1v) is 9.05. The van der Waals surface area contributed by atoms with Crippen LogP contribution < -0.4 is 5.32 Å². The molecule has 0 saturated heterocycles. The zero-order valence-corrected chi connectivity index (χ0v) is 15.4. The Labute approximate surface area is 158 Å². The maximum absolute atomic E-state index is 12.9. The van der Waals surface area contributed by atoms with E-state index in [-0.39, 0.29) is 12.4 Å². The number of hydrogen-bond acceptors (Lipinski definition) is 4. The zero-order valence-electron chi connectivity index (χ0n) is 13.8. The number of carbonyl (C=O) groups excluding carboxylic acids is 2. The Morgan fingerprint density at radius 3 is 2.58 bits per heavy atom. The van der Waals surface area contributed by atoms with E-state index in [2.05, 4.69) is 5.32 Å². The smallest absolute Gasteiger partial charge is 0.326 e. The van der Waals surface area contributed by atoms with Gasteiger partial charge in [-0.1, -0.05) is 41.9 Å². The summed E-state index contributed by atoms with van der Waals surface area (Å²) in [5.74, 6) is -1.38. The largest absolute Gasteiger partial charge is 0.456 e. The number of amides is 1. The lowest BCUT2D eigenvalue weighted by molar-refractivity contribution is -0.147. The summed E-state index contributed by atoms with van der Waals surface area (Å²) in [4.78, 5) is 24.6. The van der Waals surface area contributed by atoms with E-state index in [1.807, 2.05) is 24.3 Å². The molecule has 1 unspecified atom stereocenters. The van der Waals surface area contributed by atoms with Gasteiger partial charge in [0.05, 0.1) is 5.02 Å². The number of hydrogen-bond donors (Lipinski definition) is 1. The van der Waals surface area contributed by atoms with E-state index in [1.54, 1.807) is 19.1 Å². The molecular weight excluding hydrogens is 377 g/mol. The number of ether oxygens (including phenoxy) is 1. The van der Waals surface area contributed by atoms with Crippen LogP contribution >= 0.6 is 22.9 Å². The third-order valence-corrected chi connectivity index (χ3v) is 5.46. The van der Waals surface area contributed by atoms with Crippen LogP contribution in [0.15, 0.2) is 48.5 Å². The minimum Gasteiger partial charge on any atom is -0.456 e. The first-order chi connectivity index (χ1) is 12.5. The van der Waals surface area contributed by atoms with Crippen LogP contribution in [0.2, 0.25) is 5.02 Å². The standard InChI is InChI=1S/C19H15ClFNO3S/c1-11(12-6-8-13(21)9-7-12)25-16(23)10-22-19(24)18-17(20)14-4-2-3-5-15(14)26-18/h2-9,11H,10H2,1H3,(H,22,24). The molecule has 0 spiro atoms. The Hall–Kier alpha value is -2.44. The van der Waals surface area contributed by atoms with Crippen molar-refractivity contribution >= 4 is 44.9 Å². The van der Waals surface area contributed by atoms with Crippen LogP contribution in [0.3, 0.4) is 0 Å². The van der Waals surface area contributed by atoms with Gasteiger partial charge >= 0.3 is 5.97 Å². The van der Waals surface area contributed by atoms with Crippen LogP contribution in [0.4, 0.5) is 4.39 Å². The van der Waals surface area contributed by atoms with E-state index in [4.69, 9.17) is 16.3 Å². The lowest BCUT2D eigenvalue weighted by Gasteiger charge is -2.13. The van der Waals surface area contributed by atoms with Crippen molar-refractivity contribution in [3.8, 4) is 0 Å². The summed E-state index contributed by atoms with van der Waals surface area (Å²) in [7, 11) is 0. The predicted molar refractivity (Wildman–Crippen MR) is 100 cm³/mol. The number of benzene rings is 2. The highest BCUT2D eigenvalue weighted by molar-refractivity contribution is 7.21. The van der Waals surface area contributed by atoms with Gasteiger partial charge in [-0.3, -0.25) is 9.59 Å². The SMILES string of the molecule is CC(OC(=O)CNC(=O)c1sc2ccccc2c1Cl)c1ccc(F)cc1. The van der Waals surface area contributed by atoms with Gasteiger partial charge in [0.15, 0.2) is 0 Å². The van der Waals surface area contributed by atoms with Gasteiger partial charge in [0.2, 0.25) is 0 Å². The average molecular weight is 392 g/mol. The second-order valence-corrected chi connectivity index (χ2v) is 7.04. The van der Waals surface area contributed by atoms with Gasteiger partial charge in [-0.2, -0.15) is 0 Å². The molecule has 0 saturated carbocycles. The van der Waals surface area contributed by atoms with E-state index < -0.39 is 18.0 Å². The molecule has 4 nitrogen and oxygen atoms in total. The summed E-state index contributed by atoms with van der Waals surface area (Å²) in [6.45, 7) is 1.39. The lowest BCUT2D eigenvalue weighted by Crippen LogP contribution is -2.30. The number of halogens is 2. The molecule has 3 rings (SSSR count). The van der Waals surface area contributed by atoms with Crippen LogP contribution in [0, 0.1) is 5.82 Å². The van der Waals surface area contributed by atoms with E-state index in [0.717, 1.165) is 10.1 Å². The van der Waals surface area contributed by atoms with Crippen molar-refractivity contribution in [1.82, 2.24) is 5.32 Å². The Balaban J connectivity index is 1.59. The van der Waals surface area contributed by atoms with Crippen molar-refractivity contribution in [3.05, 3.63) is 69.8 Å². The average Bonchev–Trinajstić information content (AvgIpc) is 2.97. The summed E-state index contributed by atoms with van der Waals surface area (Å²) in [6.07, 6.45) is -0.548. The maximum Gasteiger partial charge on any atom is 0.326 e. The fourth-order valence-electron chi connectivity index (χ4n) is 2.43. The van der Waals surface area contributed by atoms with Gasteiger partial charge < -0.3 is 10.1 Å². The molecule has 1 heterocycles. The molecule has 1 aromatic heterocycles. The molecule has 0 aliphatic carbocycles. The van der Waals surface area contributed by atoms with E-state index in [9.17, 15) is 14.0 Å². The number of fused-ring (bicyclic) bond motifs is 1. The van der Waals surface area contributed by atoms with E-state index in [0.29, 0.717) is 15.5 Å². The molecule has 2 aromatic carbocycles. The molecule has 0 aliphatic heterocycles. The first-order valence-electron chi connectivity index (χ1n) is 7.86. The Morgan fingerprint density at radius 2 is 1.88 bits per heavy atom. The normalized spacial score (nSPS) is 12.0. The summed E-state index contributed by atoms with van der Waals surface area (Å²) in [5, 5.41) is 3.69. The number of nitrogens with one attached hydrogen (secondary N) is 1. The molecule has 0 bridgehead atoms. The second-order valence-electron chi connectivity index (χ2n) is 5.61. The summed E-state index contributed by atoms with van der Waals surface area (Å²) < 4.78 is 19.1. The van der Waals surface area contributed by atoms with Gasteiger partial charge in [0, 0.05) is 10.1 Å². The highest BCUT2D eigenvalue weighted by Gasteiger charge is 2.18. The predicted octanol–water partition coefficient (Wildman–Crippen LogP) is 4.73. The Morgan fingerprint density at radius 1 is 1.19 bits per heavy atom. The van der Waals surface area contributed by atoms with Gasteiger partial charge in [0.25, 0.3) is 5.91 Å². The first kappa shape index (κ1) is 18.4. The molecular formula is C19H15ClFNO3S. The third kappa shape index (κ3) is 4.03.